The second kappa shape index (κ2) is 7.76. The maximum atomic E-state index is 11.1. The van der Waals surface area contributed by atoms with Crippen LogP contribution in [0.25, 0.3) is 0 Å². The van der Waals surface area contributed by atoms with E-state index >= 15 is 0 Å². The van der Waals surface area contributed by atoms with Crippen LogP contribution in [0.15, 0.2) is 16.8 Å². The molecule has 0 saturated carbocycles. The number of rotatable bonds is 6. The Morgan fingerprint density at radius 3 is 3.05 bits per heavy atom. The molecule has 2 heterocycles. The molecule has 0 N–H and O–H groups in total. The summed E-state index contributed by atoms with van der Waals surface area (Å²) >= 11 is 1.71. The van der Waals surface area contributed by atoms with Gasteiger partial charge in [-0.05, 0) is 48.7 Å². The normalized spacial score (nSPS) is 23.7. The molecule has 2 unspecified atom stereocenters. The number of unbranched alkanes of at least 4 members (excludes halogenated alkanes) is 1. The summed E-state index contributed by atoms with van der Waals surface area (Å²) in [7, 11) is 1.44. The van der Waals surface area contributed by atoms with Gasteiger partial charge in [0.25, 0.3) is 0 Å². The van der Waals surface area contributed by atoms with Crippen molar-refractivity contribution in [3.8, 4) is 0 Å². The van der Waals surface area contributed by atoms with Gasteiger partial charge in [0.15, 0.2) is 0 Å². The van der Waals surface area contributed by atoms with E-state index in [1.807, 2.05) is 0 Å². The molecule has 2 rings (SSSR count). The maximum Gasteiger partial charge on any atom is 0.305 e. The molecule has 5 heteroatoms. The molecular formula is C15H23NO3S. The molecule has 20 heavy (non-hydrogen) atoms. The summed E-state index contributed by atoms with van der Waals surface area (Å²) in [6, 6.07) is 2.14. The number of esters is 1. The van der Waals surface area contributed by atoms with E-state index in [9.17, 15) is 4.79 Å². The molecule has 1 aromatic rings. The zero-order valence-electron chi connectivity index (χ0n) is 12.2. The number of carbonyl (C=O) groups is 1. The minimum Gasteiger partial charge on any atom is -0.469 e. The van der Waals surface area contributed by atoms with Gasteiger partial charge in [0, 0.05) is 19.5 Å². The second-order valence-electron chi connectivity index (χ2n) is 5.28. The van der Waals surface area contributed by atoms with Crippen LogP contribution in [0.1, 0.15) is 37.9 Å². The van der Waals surface area contributed by atoms with Crippen LogP contribution in [-0.2, 0) is 14.3 Å². The maximum absolute atomic E-state index is 11.1. The van der Waals surface area contributed by atoms with Crippen LogP contribution < -0.4 is 0 Å². The van der Waals surface area contributed by atoms with Crippen LogP contribution in [0.5, 0.6) is 0 Å². The Kier molecular flexibility index (Phi) is 6.01. The zero-order chi connectivity index (χ0) is 14.4. The number of ether oxygens (including phenoxy) is 2. The molecule has 1 aliphatic rings. The standard InChI is InChI=1S/C15H23NO3S/c1-12-9-16(7-4-3-5-15(17)18-2)10-14(19-12)13-6-8-20-11-13/h6,8,11-12,14H,3-5,7,9-10H2,1-2H3. The summed E-state index contributed by atoms with van der Waals surface area (Å²) in [5.41, 5.74) is 1.28. The third-order valence-electron chi connectivity index (χ3n) is 3.58. The monoisotopic (exact) mass is 297 g/mol. The van der Waals surface area contributed by atoms with Gasteiger partial charge < -0.3 is 9.47 Å². The quantitative estimate of drug-likeness (QED) is 0.598. The number of thiophene rings is 1. The van der Waals surface area contributed by atoms with E-state index in [1.165, 1.54) is 12.7 Å². The highest BCUT2D eigenvalue weighted by atomic mass is 32.1. The first kappa shape index (κ1) is 15.5. The van der Waals surface area contributed by atoms with Gasteiger partial charge in [0.2, 0.25) is 0 Å². The van der Waals surface area contributed by atoms with Crippen molar-refractivity contribution in [3.63, 3.8) is 0 Å². The minimum absolute atomic E-state index is 0.114. The van der Waals surface area contributed by atoms with Crippen LogP contribution in [0, 0.1) is 0 Å². The molecule has 1 aliphatic heterocycles. The molecule has 0 spiro atoms. The number of carbonyl (C=O) groups excluding carboxylic acids is 1. The third-order valence-corrected chi connectivity index (χ3v) is 4.29. The molecule has 1 saturated heterocycles. The topological polar surface area (TPSA) is 38.8 Å². The van der Waals surface area contributed by atoms with Crippen LogP contribution in [0.2, 0.25) is 0 Å². The lowest BCUT2D eigenvalue weighted by atomic mass is 10.1. The van der Waals surface area contributed by atoms with Gasteiger partial charge >= 0.3 is 5.97 Å². The van der Waals surface area contributed by atoms with Gasteiger partial charge in [-0.25, -0.2) is 0 Å². The average molecular weight is 297 g/mol. The summed E-state index contributed by atoms with van der Waals surface area (Å²) in [4.78, 5) is 13.5. The molecule has 0 aromatic carbocycles. The number of hydrogen-bond acceptors (Lipinski definition) is 5. The van der Waals surface area contributed by atoms with Gasteiger partial charge in [0.05, 0.1) is 19.3 Å². The molecular weight excluding hydrogens is 274 g/mol. The largest absolute Gasteiger partial charge is 0.469 e. The van der Waals surface area contributed by atoms with E-state index in [-0.39, 0.29) is 18.2 Å². The van der Waals surface area contributed by atoms with Crippen molar-refractivity contribution in [2.24, 2.45) is 0 Å². The van der Waals surface area contributed by atoms with E-state index in [0.29, 0.717) is 6.42 Å². The Morgan fingerprint density at radius 2 is 2.35 bits per heavy atom. The highest BCUT2D eigenvalue weighted by molar-refractivity contribution is 7.07. The predicted molar refractivity (Wildman–Crippen MR) is 79.9 cm³/mol. The Labute approximate surface area is 124 Å². The van der Waals surface area contributed by atoms with Gasteiger partial charge in [-0.1, -0.05) is 0 Å². The van der Waals surface area contributed by atoms with E-state index in [4.69, 9.17) is 4.74 Å². The lowest BCUT2D eigenvalue weighted by Gasteiger charge is -2.36. The van der Waals surface area contributed by atoms with E-state index in [1.54, 1.807) is 11.3 Å². The molecule has 4 nitrogen and oxygen atoms in total. The second-order valence-corrected chi connectivity index (χ2v) is 6.06. The zero-order valence-corrected chi connectivity index (χ0v) is 13.0. The number of methoxy groups -OCH3 is 1. The molecule has 0 radical (unpaired) electrons. The lowest BCUT2D eigenvalue weighted by Crippen LogP contribution is -2.43. The van der Waals surface area contributed by atoms with Gasteiger partial charge in [-0.15, -0.1) is 0 Å². The van der Waals surface area contributed by atoms with Crippen LogP contribution in [-0.4, -0.2) is 43.7 Å². The average Bonchev–Trinajstić information content (AvgIpc) is 2.97. The highest BCUT2D eigenvalue weighted by Crippen LogP contribution is 2.26. The van der Waals surface area contributed by atoms with Crippen molar-refractivity contribution in [1.29, 1.82) is 0 Å². The molecule has 0 aliphatic carbocycles. The summed E-state index contributed by atoms with van der Waals surface area (Å²) in [6.45, 7) is 5.06. The number of morpholine rings is 1. The van der Waals surface area contributed by atoms with Crippen molar-refractivity contribution >= 4 is 17.3 Å². The summed E-state index contributed by atoms with van der Waals surface area (Å²) in [5, 5.41) is 4.26. The SMILES string of the molecule is COC(=O)CCCCN1CC(C)OC(c2ccsc2)C1. The summed E-state index contributed by atoms with van der Waals surface area (Å²) in [6.07, 6.45) is 2.88. The van der Waals surface area contributed by atoms with E-state index in [2.05, 4.69) is 33.4 Å². The molecule has 0 bridgehead atoms. The first-order valence-electron chi connectivity index (χ1n) is 7.15. The Balaban J connectivity index is 1.75. The van der Waals surface area contributed by atoms with Gasteiger partial charge in [-0.3, -0.25) is 9.69 Å². The fraction of sp³-hybridized carbons (Fsp3) is 0.667. The van der Waals surface area contributed by atoms with Crippen molar-refractivity contribution in [2.75, 3.05) is 26.7 Å². The van der Waals surface area contributed by atoms with E-state index in [0.717, 1.165) is 32.5 Å². The van der Waals surface area contributed by atoms with Crippen molar-refractivity contribution < 1.29 is 14.3 Å². The lowest BCUT2D eigenvalue weighted by molar-refractivity contribution is -0.140. The molecule has 2 atom stereocenters. The fourth-order valence-electron chi connectivity index (χ4n) is 2.57. The van der Waals surface area contributed by atoms with Gasteiger partial charge in [0.1, 0.15) is 0 Å². The Bertz CT molecular complexity index is 407. The number of nitrogens with zero attached hydrogens (tertiary/aromatic N) is 1. The first-order chi connectivity index (χ1) is 9.69. The van der Waals surface area contributed by atoms with Crippen molar-refractivity contribution in [2.45, 2.75) is 38.4 Å². The van der Waals surface area contributed by atoms with E-state index < -0.39 is 0 Å². The Morgan fingerprint density at radius 1 is 1.50 bits per heavy atom. The third kappa shape index (κ3) is 4.58. The number of hydrogen-bond donors (Lipinski definition) is 0. The summed E-state index contributed by atoms with van der Waals surface area (Å²) in [5.74, 6) is -0.114. The molecule has 1 aromatic heterocycles. The Hall–Kier alpha value is -0.910. The van der Waals surface area contributed by atoms with Gasteiger partial charge in [-0.2, -0.15) is 11.3 Å². The van der Waals surface area contributed by atoms with Crippen LogP contribution in [0.3, 0.4) is 0 Å². The minimum atomic E-state index is -0.114. The molecule has 0 amide bonds. The van der Waals surface area contributed by atoms with Crippen molar-refractivity contribution in [1.82, 2.24) is 4.90 Å². The first-order valence-corrected chi connectivity index (χ1v) is 8.10. The molecule has 1 fully saturated rings. The molecule has 112 valence electrons. The summed E-state index contributed by atoms with van der Waals surface area (Å²) < 4.78 is 10.7. The smallest absolute Gasteiger partial charge is 0.305 e. The highest BCUT2D eigenvalue weighted by Gasteiger charge is 2.26. The van der Waals surface area contributed by atoms with Crippen LogP contribution in [0.4, 0.5) is 0 Å². The predicted octanol–water partition coefficient (Wildman–Crippen LogP) is 2.85. The van der Waals surface area contributed by atoms with Crippen molar-refractivity contribution in [3.05, 3.63) is 22.4 Å². The van der Waals surface area contributed by atoms with Crippen LogP contribution >= 0.6 is 11.3 Å². The fourth-order valence-corrected chi connectivity index (χ4v) is 3.27.